The van der Waals surface area contributed by atoms with E-state index in [1.165, 1.54) is 30.3 Å². The molecule has 0 fully saturated rings. The number of benzene rings is 3. The summed E-state index contributed by atoms with van der Waals surface area (Å²) in [4.78, 5) is 12.5. The average Bonchev–Trinajstić information content (AvgIpc) is 2.82. The molecule has 36 heavy (non-hydrogen) atoms. The van der Waals surface area contributed by atoms with E-state index in [4.69, 9.17) is 21.1 Å². The van der Waals surface area contributed by atoms with Crippen LogP contribution < -0.4 is 19.1 Å². The summed E-state index contributed by atoms with van der Waals surface area (Å²) in [6, 6.07) is 11.1. The van der Waals surface area contributed by atoms with Crippen molar-refractivity contribution in [2.45, 2.75) is 11.1 Å². The minimum absolute atomic E-state index is 0.173. The van der Waals surface area contributed by atoms with Crippen molar-refractivity contribution in [2.75, 3.05) is 29.4 Å². The highest BCUT2D eigenvalue weighted by Crippen LogP contribution is 2.37. The number of alkyl halides is 3. The zero-order chi connectivity index (χ0) is 26.1. The number of carbonyl (C=O) groups is 1. The quantitative estimate of drug-likeness (QED) is 0.436. The Labute approximate surface area is 208 Å². The maximum Gasteiger partial charge on any atom is 0.417 e. The van der Waals surface area contributed by atoms with E-state index < -0.39 is 45.1 Å². The van der Waals surface area contributed by atoms with Gasteiger partial charge in [0, 0.05) is 11.8 Å². The minimum atomic E-state index is -4.77. The van der Waals surface area contributed by atoms with Crippen molar-refractivity contribution < 1.29 is 40.2 Å². The smallest absolute Gasteiger partial charge is 0.417 e. The minimum Gasteiger partial charge on any atom is -0.486 e. The van der Waals surface area contributed by atoms with E-state index in [0.29, 0.717) is 16.1 Å². The fourth-order valence-electron chi connectivity index (χ4n) is 3.41. The number of hydrogen-bond acceptors (Lipinski definition) is 5. The molecule has 190 valence electrons. The Hall–Kier alpha value is -3.51. The van der Waals surface area contributed by atoms with Crippen LogP contribution >= 0.6 is 11.6 Å². The average molecular weight is 545 g/mol. The number of amides is 1. The molecule has 7 nitrogen and oxygen atoms in total. The van der Waals surface area contributed by atoms with Crippen LogP contribution in [0.25, 0.3) is 0 Å². The van der Waals surface area contributed by atoms with E-state index in [1.807, 2.05) is 0 Å². The summed E-state index contributed by atoms with van der Waals surface area (Å²) in [5, 5.41) is 1.66. The third-order valence-corrected chi connectivity index (χ3v) is 7.14. The van der Waals surface area contributed by atoms with Gasteiger partial charge < -0.3 is 14.8 Å². The Bertz CT molecular complexity index is 1420. The van der Waals surface area contributed by atoms with Gasteiger partial charge in [-0.2, -0.15) is 13.2 Å². The van der Waals surface area contributed by atoms with Crippen LogP contribution in [0.5, 0.6) is 11.5 Å². The number of carbonyl (C=O) groups excluding carboxylic acids is 1. The van der Waals surface area contributed by atoms with Crippen LogP contribution in [0.3, 0.4) is 0 Å². The standard InChI is InChI=1S/C23H17ClF4N2O5S/c24-19-6-4-15(11-18(19)23(26,27)28)29-22(31)13-30(16-3-1-2-14(25)10-16)36(32,33)17-5-7-20-21(12-17)35-9-8-34-20/h1-7,10-12H,8-9,13H2,(H,29,31). The van der Waals surface area contributed by atoms with Crippen molar-refractivity contribution in [3.63, 3.8) is 0 Å². The van der Waals surface area contributed by atoms with Crippen LogP contribution in [0.4, 0.5) is 28.9 Å². The molecular formula is C23H17ClF4N2O5S. The van der Waals surface area contributed by atoms with Crippen molar-refractivity contribution in [1.29, 1.82) is 0 Å². The maximum atomic E-state index is 13.9. The normalized spacial score (nSPS) is 13.2. The van der Waals surface area contributed by atoms with E-state index in [1.54, 1.807) is 0 Å². The lowest BCUT2D eigenvalue weighted by Crippen LogP contribution is -2.38. The van der Waals surface area contributed by atoms with Crippen LogP contribution in [0.1, 0.15) is 5.56 Å². The van der Waals surface area contributed by atoms with Crippen LogP contribution in [-0.4, -0.2) is 34.1 Å². The Kier molecular flexibility index (Phi) is 7.01. The highest BCUT2D eigenvalue weighted by molar-refractivity contribution is 7.92. The van der Waals surface area contributed by atoms with Crippen molar-refractivity contribution in [3.05, 3.63) is 77.1 Å². The van der Waals surface area contributed by atoms with Gasteiger partial charge in [-0.05, 0) is 48.5 Å². The zero-order valence-corrected chi connectivity index (χ0v) is 19.8. The van der Waals surface area contributed by atoms with Gasteiger partial charge in [0.1, 0.15) is 25.6 Å². The number of sulfonamides is 1. The molecule has 3 aromatic rings. The van der Waals surface area contributed by atoms with E-state index in [0.717, 1.165) is 24.3 Å². The molecule has 0 bridgehead atoms. The van der Waals surface area contributed by atoms with Crippen molar-refractivity contribution in [3.8, 4) is 11.5 Å². The topological polar surface area (TPSA) is 84.9 Å². The van der Waals surface area contributed by atoms with Gasteiger partial charge in [0.2, 0.25) is 5.91 Å². The Morgan fingerprint density at radius 2 is 1.72 bits per heavy atom. The molecule has 1 aliphatic heterocycles. The second kappa shape index (κ2) is 9.86. The second-order valence-electron chi connectivity index (χ2n) is 7.54. The molecule has 0 unspecified atom stereocenters. The Morgan fingerprint density at radius 1 is 1.00 bits per heavy atom. The molecule has 1 amide bonds. The van der Waals surface area contributed by atoms with Gasteiger partial charge in [0.05, 0.1) is 21.2 Å². The number of nitrogens with zero attached hydrogens (tertiary/aromatic N) is 1. The molecule has 1 N–H and O–H groups in total. The van der Waals surface area contributed by atoms with Gasteiger partial charge in [-0.25, -0.2) is 12.8 Å². The molecule has 13 heteroatoms. The maximum absolute atomic E-state index is 13.9. The summed E-state index contributed by atoms with van der Waals surface area (Å²) in [5.41, 5.74) is -1.60. The predicted octanol–water partition coefficient (Wildman–Crippen LogP) is 5.10. The number of nitrogens with one attached hydrogen (secondary N) is 1. The lowest BCUT2D eigenvalue weighted by atomic mass is 10.2. The van der Waals surface area contributed by atoms with Crippen LogP contribution in [0.15, 0.2) is 65.6 Å². The first-order valence-corrected chi connectivity index (χ1v) is 12.1. The molecule has 3 aromatic carbocycles. The van der Waals surface area contributed by atoms with Crippen LogP contribution in [-0.2, 0) is 21.0 Å². The van der Waals surface area contributed by atoms with Crippen molar-refractivity contribution in [1.82, 2.24) is 0 Å². The van der Waals surface area contributed by atoms with E-state index in [9.17, 15) is 30.8 Å². The Balaban J connectivity index is 1.66. The summed E-state index contributed by atoms with van der Waals surface area (Å²) < 4.78 is 91.9. The molecule has 1 aliphatic rings. The molecule has 1 heterocycles. The monoisotopic (exact) mass is 544 g/mol. The highest BCUT2D eigenvalue weighted by atomic mass is 35.5. The number of ether oxygens (including phenoxy) is 2. The largest absolute Gasteiger partial charge is 0.486 e. The third-order valence-electron chi connectivity index (χ3n) is 5.04. The summed E-state index contributed by atoms with van der Waals surface area (Å²) in [6.07, 6.45) is -4.77. The summed E-state index contributed by atoms with van der Waals surface area (Å²) in [6.45, 7) is -0.382. The predicted molar refractivity (Wildman–Crippen MR) is 123 cm³/mol. The number of hydrogen-bond donors (Lipinski definition) is 1. The van der Waals surface area contributed by atoms with Gasteiger partial charge in [-0.3, -0.25) is 9.10 Å². The first kappa shape index (κ1) is 25.6. The van der Waals surface area contributed by atoms with Gasteiger partial charge in [0.25, 0.3) is 10.0 Å². The fourth-order valence-corrected chi connectivity index (χ4v) is 5.06. The first-order valence-electron chi connectivity index (χ1n) is 10.3. The summed E-state index contributed by atoms with van der Waals surface area (Å²) in [5.74, 6) is -1.23. The second-order valence-corrected chi connectivity index (χ2v) is 9.81. The molecule has 0 aromatic heterocycles. The lowest BCUT2D eigenvalue weighted by Gasteiger charge is -2.25. The number of halogens is 5. The number of rotatable bonds is 6. The highest BCUT2D eigenvalue weighted by Gasteiger charge is 2.34. The van der Waals surface area contributed by atoms with Crippen molar-refractivity contribution >= 4 is 38.9 Å². The molecule has 0 atom stereocenters. The lowest BCUT2D eigenvalue weighted by molar-refractivity contribution is -0.137. The van der Waals surface area contributed by atoms with Gasteiger partial charge in [0.15, 0.2) is 11.5 Å². The molecule has 0 saturated carbocycles. The number of fused-ring (bicyclic) bond motifs is 1. The summed E-state index contributed by atoms with van der Waals surface area (Å²) >= 11 is 5.60. The molecule has 0 aliphatic carbocycles. The zero-order valence-electron chi connectivity index (χ0n) is 18.2. The fraction of sp³-hybridized carbons (Fsp3) is 0.174. The molecule has 0 saturated heterocycles. The third kappa shape index (κ3) is 5.49. The summed E-state index contributed by atoms with van der Waals surface area (Å²) in [7, 11) is -4.46. The van der Waals surface area contributed by atoms with Crippen LogP contribution in [0.2, 0.25) is 5.02 Å². The molecular weight excluding hydrogens is 528 g/mol. The molecule has 0 spiro atoms. The Morgan fingerprint density at radius 3 is 2.42 bits per heavy atom. The van der Waals surface area contributed by atoms with Crippen molar-refractivity contribution in [2.24, 2.45) is 0 Å². The molecule has 4 rings (SSSR count). The van der Waals surface area contributed by atoms with Gasteiger partial charge >= 0.3 is 6.18 Å². The van der Waals surface area contributed by atoms with E-state index in [2.05, 4.69) is 5.32 Å². The molecule has 0 radical (unpaired) electrons. The van der Waals surface area contributed by atoms with Crippen LogP contribution in [0, 0.1) is 5.82 Å². The van der Waals surface area contributed by atoms with E-state index in [-0.39, 0.29) is 35.2 Å². The number of anilines is 2. The van der Waals surface area contributed by atoms with E-state index >= 15 is 0 Å². The van der Waals surface area contributed by atoms with Gasteiger partial charge in [-0.15, -0.1) is 0 Å². The SMILES string of the molecule is O=C(CN(c1cccc(F)c1)S(=O)(=O)c1ccc2c(c1)OCCO2)Nc1ccc(Cl)c(C(F)(F)F)c1. The first-order chi connectivity index (χ1) is 16.9. The van der Waals surface area contributed by atoms with Gasteiger partial charge in [-0.1, -0.05) is 17.7 Å².